The molecule has 2 nitrogen and oxygen atoms in total. The van der Waals surface area contributed by atoms with Gasteiger partial charge in [0.15, 0.2) is 5.78 Å². The molecule has 28 heavy (non-hydrogen) atoms. The molecule has 1 atom stereocenters. The van der Waals surface area contributed by atoms with Gasteiger partial charge in [-0.25, -0.2) is 0 Å². The molecule has 0 fully saturated rings. The van der Waals surface area contributed by atoms with Gasteiger partial charge in [0.05, 0.1) is 5.92 Å². The molecule has 0 saturated heterocycles. The minimum Gasteiger partial charge on any atom is -0.457 e. The first-order valence-corrected chi connectivity index (χ1v) is 9.37. The summed E-state index contributed by atoms with van der Waals surface area (Å²) in [4.78, 5) is 13.2. The topological polar surface area (TPSA) is 26.3 Å². The predicted octanol–water partition coefficient (Wildman–Crippen LogP) is 6.63. The second-order valence-corrected chi connectivity index (χ2v) is 6.93. The molecule has 0 spiro atoms. The lowest BCUT2D eigenvalue weighted by Crippen LogP contribution is -2.13. The molecule has 1 aliphatic carbocycles. The minimum absolute atomic E-state index is 0.101. The van der Waals surface area contributed by atoms with Crippen molar-refractivity contribution in [2.45, 2.75) is 5.92 Å². The third kappa shape index (κ3) is 2.89. The Morgan fingerprint density at radius 3 is 2.21 bits per heavy atom. The molecule has 1 aliphatic rings. The van der Waals surface area contributed by atoms with Gasteiger partial charge in [0.1, 0.15) is 11.5 Å². The van der Waals surface area contributed by atoms with E-state index in [2.05, 4.69) is 36.4 Å². The Balaban J connectivity index is 1.44. The van der Waals surface area contributed by atoms with Crippen LogP contribution in [0.3, 0.4) is 0 Å². The van der Waals surface area contributed by atoms with Gasteiger partial charge in [-0.15, -0.1) is 0 Å². The third-order valence-electron chi connectivity index (χ3n) is 5.17. The fourth-order valence-corrected chi connectivity index (χ4v) is 3.82. The molecular weight excluding hydrogens is 344 g/mol. The van der Waals surface area contributed by atoms with Crippen molar-refractivity contribution in [1.82, 2.24) is 0 Å². The number of hydrogen-bond acceptors (Lipinski definition) is 2. The van der Waals surface area contributed by atoms with Crippen molar-refractivity contribution in [1.29, 1.82) is 0 Å². The van der Waals surface area contributed by atoms with E-state index < -0.39 is 0 Å². The van der Waals surface area contributed by atoms with Gasteiger partial charge >= 0.3 is 0 Å². The highest BCUT2D eigenvalue weighted by Gasteiger charge is 2.24. The Hall–Kier alpha value is -3.65. The monoisotopic (exact) mass is 362 g/mol. The number of carbonyl (C=O) groups excluding carboxylic acids is 1. The van der Waals surface area contributed by atoms with Crippen LogP contribution in [0.2, 0.25) is 0 Å². The lowest BCUT2D eigenvalue weighted by atomic mass is 9.82. The Morgan fingerprint density at radius 1 is 0.714 bits per heavy atom. The van der Waals surface area contributed by atoms with Gasteiger partial charge in [-0.3, -0.25) is 4.79 Å². The first-order valence-electron chi connectivity index (χ1n) is 9.37. The van der Waals surface area contributed by atoms with Gasteiger partial charge < -0.3 is 4.74 Å². The molecular formula is C26H18O2. The average Bonchev–Trinajstić information content (AvgIpc) is 2.75. The van der Waals surface area contributed by atoms with Crippen LogP contribution in [0.25, 0.3) is 16.8 Å². The predicted molar refractivity (Wildman–Crippen MR) is 113 cm³/mol. The number of rotatable bonds is 4. The van der Waals surface area contributed by atoms with Crippen LogP contribution in [0, 0.1) is 0 Å². The van der Waals surface area contributed by atoms with Crippen molar-refractivity contribution in [2.24, 2.45) is 0 Å². The lowest BCUT2D eigenvalue weighted by molar-refractivity contribution is 0.0977. The van der Waals surface area contributed by atoms with E-state index in [0.717, 1.165) is 17.1 Å². The number of carbonyl (C=O) groups is 1. The molecule has 5 rings (SSSR count). The van der Waals surface area contributed by atoms with Crippen molar-refractivity contribution >= 4 is 22.6 Å². The second-order valence-electron chi connectivity index (χ2n) is 6.93. The molecule has 134 valence electrons. The van der Waals surface area contributed by atoms with Crippen LogP contribution in [-0.4, -0.2) is 5.78 Å². The molecule has 0 saturated carbocycles. The van der Waals surface area contributed by atoms with Crippen molar-refractivity contribution in [2.75, 3.05) is 0 Å². The average molecular weight is 362 g/mol. The summed E-state index contributed by atoms with van der Waals surface area (Å²) in [6, 6.07) is 29.4. The van der Waals surface area contributed by atoms with E-state index >= 15 is 0 Å². The summed E-state index contributed by atoms with van der Waals surface area (Å²) in [6.45, 7) is 0. The standard InChI is InChI=1S/C26H18O2/c27-26(20-12-15-22(16-13-20)28-21-9-2-1-3-10-21)24-17-14-19-7-4-6-18-8-5-11-23(24)25(18)19/h1-17,24H. The fourth-order valence-electron chi connectivity index (χ4n) is 3.82. The van der Waals surface area contributed by atoms with Gasteiger partial charge in [-0.05, 0) is 58.3 Å². The van der Waals surface area contributed by atoms with Crippen LogP contribution in [0.1, 0.15) is 27.4 Å². The number of hydrogen-bond donors (Lipinski definition) is 0. The van der Waals surface area contributed by atoms with E-state index in [9.17, 15) is 4.79 Å². The van der Waals surface area contributed by atoms with Crippen molar-refractivity contribution in [3.63, 3.8) is 0 Å². The maximum atomic E-state index is 13.2. The highest BCUT2D eigenvalue weighted by molar-refractivity contribution is 6.08. The van der Waals surface area contributed by atoms with Crippen LogP contribution in [0.4, 0.5) is 0 Å². The number of Topliss-reactive ketones (excluding diaryl/α,β-unsaturated/α-hetero) is 1. The molecule has 1 unspecified atom stereocenters. The molecule has 0 amide bonds. The summed E-state index contributed by atoms with van der Waals surface area (Å²) in [5, 5.41) is 2.35. The third-order valence-corrected chi connectivity index (χ3v) is 5.17. The normalized spacial score (nSPS) is 14.8. The molecule has 4 aromatic carbocycles. The Morgan fingerprint density at radius 2 is 1.43 bits per heavy atom. The zero-order valence-electron chi connectivity index (χ0n) is 15.2. The van der Waals surface area contributed by atoms with Crippen LogP contribution in [0.15, 0.2) is 97.1 Å². The molecule has 4 aromatic rings. The van der Waals surface area contributed by atoms with E-state index in [0.29, 0.717) is 5.56 Å². The second kappa shape index (κ2) is 6.82. The number of ketones is 1. The van der Waals surface area contributed by atoms with Gasteiger partial charge in [0.25, 0.3) is 0 Å². The van der Waals surface area contributed by atoms with Gasteiger partial charge in [0.2, 0.25) is 0 Å². The first-order chi connectivity index (χ1) is 13.8. The van der Waals surface area contributed by atoms with Crippen LogP contribution in [-0.2, 0) is 0 Å². The zero-order chi connectivity index (χ0) is 18.9. The van der Waals surface area contributed by atoms with E-state index in [4.69, 9.17) is 4.74 Å². The highest BCUT2D eigenvalue weighted by atomic mass is 16.5. The number of benzene rings is 4. The maximum Gasteiger partial charge on any atom is 0.174 e. The van der Waals surface area contributed by atoms with Crippen molar-refractivity contribution < 1.29 is 9.53 Å². The summed E-state index contributed by atoms with van der Waals surface area (Å²) in [7, 11) is 0. The largest absolute Gasteiger partial charge is 0.457 e. The molecule has 0 N–H and O–H groups in total. The molecule has 0 bridgehead atoms. The Kier molecular flexibility index (Phi) is 4.02. The molecule has 0 aromatic heterocycles. The molecule has 0 heterocycles. The van der Waals surface area contributed by atoms with E-state index in [1.165, 1.54) is 16.3 Å². The first kappa shape index (κ1) is 16.5. The SMILES string of the molecule is O=C(c1ccc(Oc2ccccc2)cc1)C1C=Cc2cccc3cccc1c23. The van der Waals surface area contributed by atoms with Crippen LogP contribution in [0.5, 0.6) is 11.5 Å². The zero-order valence-corrected chi connectivity index (χ0v) is 15.2. The van der Waals surface area contributed by atoms with Gasteiger partial charge in [-0.2, -0.15) is 0 Å². The number of para-hydroxylation sites is 1. The van der Waals surface area contributed by atoms with E-state index in [1.807, 2.05) is 66.7 Å². The summed E-state index contributed by atoms with van der Waals surface area (Å²) < 4.78 is 5.83. The minimum atomic E-state index is -0.264. The molecule has 2 heteroatoms. The Bertz CT molecular complexity index is 1180. The summed E-state index contributed by atoms with van der Waals surface area (Å²) >= 11 is 0. The van der Waals surface area contributed by atoms with Gasteiger partial charge in [0, 0.05) is 5.56 Å². The van der Waals surface area contributed by atoms with Crippen molar-refractivity contribution in [3.05, 3.63) is 114 Å². The quantitative estimate of drug-likeness (QED) is 0.381. The van der Waals surface area contributed by atoms with Gasteiger partial charge in [-0.1, -0.05) is 66.7 Å². The van der Waals surface area contributed by atoms with E-state index in [1.54, 1.807) is 0 Å². The lowest BCUT2D eigenvalue weighted by Gasteiger charge is -2.20. The number of ether oxygens (including phenoxy) is 1. The molecule has 0 aliphatic heterocycles. The highest BCUT2D eigenvalue weighted by Crippen LogP contribution is 2.36. The fraction of sp³-hybridized carbons (Fsp3) is 0.0385. The molecule has 0 radical (unpaired) electrons. The van der Waals surface area contributed by atoms with Crippen molar-refractivity contribution in [3.8, 4) is 11.5 Å². The summed E-state index contributed by atoms with van der Waals surface area (Å²) in [6.07, 6.45) is 4.07. The van der Waals surface area contributed by atoms with Crippen LogP contribution < -0.4 is 4.74 Å². The maximum absolute atomic E-state index is 13.2. The van der Waals surface area contributed by atoms with E-state index in [-0.39, 0.29) is 11.7 Å². The smallest absolute Gasteiger partial charge is 0.174 e. The Labute approximate surface area is 163 Å². The van der Waals surface area contributed by atoms with Crippen LogP contribution >= 0.6 is 0 Å². The number of allylic oxidation sites excluding steroid dienone is 1. The summed E-state index contributed by atoms with van der Waals surface area (Å²) in [5.74, 6) is 1.33. The summed E-state index contributed by atoms with van der Waals surface area (Å²) in [5.41, 5.74) is 2.93.